The van der Waals surface area contributed by atoms with E-state index in [1.165, 1.54) is 6.26 Å². The van der Waals surface area contributed by atoms with Crippen molar-refractivity contribution < 1.29 is 4.42 Å². The molecule has 1 aromatic heterocycles. The Bertz CT molecular complexity index is 264. The van der Waals surface area contributed by atoms with Gasteiger partial charge >= 0.3 is 5.63 Å². The fourth-order valence-electron chi connectivity index (χ4n) is 0.503. The normalized spacial score (nSPS) is 9.56. The van der Waals surface area contributed by atoms with Crippen LogP contribution >= 0.6 is 15.9 Å². The van der Waals surface area contributed by atoms with E-state index in [0.29, 0.717) is 5.56 Å². The lowest BCUT2D eigenvalue weighted by atomic mass is 10.3. The molecule has 0 saturated carbocycles. The van der Waals surface area contributed by atoms with Crippen LogP contribution in [0.2, 0.25) is 0 Å². The summed E-state index contributed by atoms with van der Waals surface area (Å²) < 4.78 is 5.38. The first kappa shape index (κ1) is 6.55. The van der Waals surface area contributed by atoms with Gasteiger partial charge in [0.15, 0.2) is 0 Å². The first-order chi connectivity index (χ1) is 4.20. The molecule has 0 atom stereocenters. The fraction of sp³-hybridized carbons (Fsp3) is 0.167. The van der Waals surface area contributed by atoms with Crippen molar-refractivity contribution in [1.29, 1.82) is 0 Å². The van der Waals surface area contributed by atoms with Crippen molar-refractivity contribution in [3.05, 3.63) is 32.8 Å². The fourth-order valence-corrected chi connectivity index (χ4v) is 0.939. The summed E-state index contributed by atoms with van der Waals surface area (Å²) in [5, 5.41) is 0. The molecule has 48 valence electrons. The molecular weight excluding hydrogens is 184 g/mol. The molecule has 0 fully saturated rings. The van der Waals surface area contributed by atoms with Crippen LogP contribution in [0.4, 0.5) is 0 Å². The maximum absolute atomic E-state index is 10.6. The predicted molar refractivity (Wildman–Crippen MR) is 37.4 cm³/mol. The molecule has 0 saturated heterocycles. The predicted octanol–water partition coefficient (Wildman–Crippen LogP) is 1.71. The minimum Gasteiger partial charge on any atom is -0.430 e. The van der Waals surface area contributed by atoms with E-state index in [1.807, 2.05) is 0 Å². The van der Waals surface area contributed by atoms with Crippen LogP contribution in [-0.4, -0.2) is 0 Å². The molecule has 0 aliphatic carbocycles. The lowest BCUT2D eigenvalue weighted by Gasteiger charge is -1.87. The first-order valence-corrected chi connectivity index (χ1v) is 3.24. The molecule has 0 amide bonds. The first-order valence-electron chi connectivity index (χ1n) is 2.45. The average molecular weight is 189 g/mol. The summed E-state index contributed by atoms with van der Waals surface area (Å²) in [6.07, 6.45) is 1.37. The van der Waals surface area contributed by atoms with Gasteiger partial charge in [-0.05, 0) is 28.9 Å². The van der Waals surface area contributed by atoms with Crippen molar-refractivity contribution in [1.82, 2.24) is 0 Å². The van der Waals surface area contributed by atoms with E-state index in [9.17, 15) is 4.79 Å². The van der Waals surface area contributed by atoms with Crippen molar-refractivity contribution in [3.8, 4) is 0 Å². The maximum Gasteiger partial charge on any atom is 0.338 e. The van der Waals surface area contributed by atoms with Gasteiger partial charge in [-0.3, -0.25) is 0 Å². The highest BCUT2D eigenvalue weighted by Crippen LogP contribution is 2.06. The van der Waals surface area contributed by atoms with Crippen molar-refractivity contribution in [2.45, 2.75) is 6.92 Å². The summed E-state index contributed by atoms with van der Waals surface area (Å²) in [5.41, 5.74) is 0.336. The quantitative estimate of drug-likeness (QED) is 0.621. The highest BCUT2D eigenvalue weighted by molar-refractivity contribution is 9.10. The number of halogens is 1. The van der Waals surface area contributed by atoms with Gasteiger partial charge in [-0.2, -0.15) is 0 Å². The molecule has 9 heavy (non-hydrogen) atoms. The summed E-state index contributed by atoms with van der Waals surface area (Å²) in [6.45, 7) is 1.70. The molecule has 1 heterocycles. The second-order valence-electron chi connectivity index (χ2n) is 1.74. The van der Waals surface area contributed by atoms with Gasteiger partial charge in [-0.15, -0.1) is 0 Å². The maximum atomic E-state index is 10.6. The third-order valence-electron chi connectivity index (χ3n) is 0.955. The van der Waals surface area contributed by atoms with Gasteiger partial charge in [0.2, 0.25) is 0 Å². The third kappa shape index (κ3) is 1.42. The highest BCUT2D eigenvalue weighted by atomic mass is 79.9. The summed E-state index contributed by atoms with van der Waals surface area (Å²) >= 11 is 3.16. The second-order valence-corrected chi connectivity index (χ2v) is 2.65. The van der Waals surface area contributed by atoms with Crippen molar-refractivity contribution >= 4 is 15.9 Å². The Morgan fingerprint density at radius 2 is 2.33 bits per heavy atom. The van der Waals surface area contributed by atoms with Crippen LogP contribution in [0.3, 0.4) is 0 Å². The lowest BCUT2D eigenvalue weighted by molar-refractivity contribution is 0.502. The molecule has 1 rings (SSSR count). The highest BCUT2D eigenvalue weighted by Gasteiger charge is 1.93. The third-order valence-corrected chi connectivity index (χ3v) is 1.37. The lowest BCUT2D eigenvalue weighted by Crippen LogP contribution is -2.00. The Kier molecular flexibility index (Phi) is 1.71. The standard InChI is InChI=1S/C6H5BrO2/c1-4-2-5(7)3-9-6(4)8/h2-3H,1H3. The van der Waals surface area contributed by atoms with Gasteiger partial charge in [-0.25, -0.2) is 4.79 Å². The van der Waals surface area contributed by atoms with Crippen LogP contribution in [0, 0.1) is 6.92 Å². The van der Waals surface area contributed by atoms with Gasteiger partial charge in [0, 0.05) is 5.56 Å². The van der Waals surface area contributed by atoms with Crippen molar-refractivity contribution in [3.63, 3.8) is 0 Å². The molecule has 3 heteroatoms. The van der Waals surface area contributed by atoms with Gasteiger partial charge in [0.1, 0.15) is 6.26 Å². The van der Waals surface area contributed by atoms with Gasteiger partial charge in [-0.1, -0.05) is 0 Å². The second kappa shape index (κ2) is 2.35. The van der Waals surface area contributed by atoms with Gasteiger partial charge < -0.3 is 4.42 Å². The molecule has 2 nitrogen and oxygen atoms in total. The summed E-state index contributed by atoms with van der Waals surface area (Å²) in [6, 6.07) is 1.71. The molecule has 0 unspecified atom stereocenters. The number of hydrogen-bond donors (Lipinski definition) is 0. The largest absolute Gasteiger partial charge is 0.430 e. The van der Waals surface area contributed by atoms with Crippen LogP contribution < -0.4 is 5.63 Å². The van der Waals surface area contributed by atoms with Crippen LogP contribution in [0.25, 0.3) is 0 Å². The summed E-state index contributed by atoms with van der Waals surface area (Å²) in [5.74, 6) is 0. The molecule has 0 aliphatic heterocycles. The molecule has 0 spiro atoms. The van der Waals surface area contributed by atoms with Crippen LogP contribution in [-0.2, 0) is 0 Å². The zero-order valence-electron chi connectivity index (χ0n) is 4.85. The van der Waals surface area contributed by atoms with Crippen molar-refractivity contribution in [2.75, 3.05) is 0 Å². The molecule has 0 radical (unpaired) electrons. The summed E-state index contributed by atoms with van der Waals surface area (Å²) in [4.78, 5) is 10.6. The molecule has 0 aromatic carbocycles. The Labute approximate surface area is 60.6 Å². The average Bonchev–Trinajstić information content (AvgIpc) is 1.80. The van der Waals surface area contributed by atoms with E-state index in [1.54, 1.807) is 13.0 Å². The monoisotopic (exact) mass is 188 g/mol. The Hall–Kier alpha value is -0.570. The van der Waals surface area contributed by atoms with E-state index in [4.69, 9.17) is 0 Å². The van der Waals surface area contributed by atoms with E-state index in [0.717, 1.165) is 4.47 Å². The molecule has 0 bridgehead atoms. The topological polar surface area (TPSA) is 30.2 Å². The van der Waals surface area contributed by atoms with Crippen LogP contribution in [0.5, 0.6) is 0 Å². The number of aryl methyl sites for hydroxylation is 1. The zero-order chi connectivity index (χ0) is 6.85. The van der Waals surface area contributed by atoms with E-state index in [2.05, 4.69) is 20.3 Å². The van der Waals surface area contributed by atoms with Crippen molar-refractivity contribution in [2.24, 2.45) is 0 Å². The summed E-state index contributed by atoms with van der Waals surface area (Å²) in [7, 11) is 0. The number of hydrogen-bond acceptors (Lipinski definition) is 2. The zero-order valence-corrected chi connectivity index (χ0v) is 6.44. The molecular formula is C6H5BrO2. The van der Waals surface area contributed by atoms with E-state index in [-0.39, 0.29) is 5.63 Å². The Morgan fingerprint density at radius 1 is 1.67 bits per heavy atom. The van der Waals surface area contributed by atoms with Gasteiger partial charge in [0.25, 0.3) is 0 Å². The smallest absolute Gasteiger partial charge is 0.338 e. The van der Waals surface area contributed by atoms with E-state index < -0.39 is 0 Å². The van der Waals surface area contributed by atoms with E-state index >= 15 is 0 Å². The molecule has 1 aromatic rings. The molecule has 0 N–H and O–H groups in total. The van der Waals surface area contributed by atoms with Crippen LogP contribution in [0.1, 0.15) is 5.56 Å². The Balaban J connectivity index is 3.34. The van der Waals surface area contributed by atoms with Gasteiger partial charge in [0.05, 0.1) is 4.47 Å². The minimum atomic E-state index is -0.279. The Morgan fingerprint density at radius 3 is 2.78 bits per heavy atom. The minimum absolute atomic E-state index is 0.279. The number of rotatable bonds is 0. The van der Waals surface area contributed by atoms with Crippen LogP contribution in [0.15, 0.2) is 26.0 Å². The molecule has 0 aliphatic rings. The SMILES string of the molecule is Cc1cc(Br)coc1=O.